The van der Waals surface area contributed by atoms with Crippen LogP contribution in [0.25, 0.3) is 0 Å². The summed E-state index contributed by atoms with van der Waals surface area (Å²) in [4.78, 5) is 23.0. The van der Waals surface area contributed by atoms with Crippen molar-refractivity contribution in [3.63, 3.8) is 0 Å². The second kappa shape index (κ2) is 5.80. The molecule has 96 valence electrons. The van der Waals surface area contributed by atoms with E-state index in [9.17, 15) is 9.59 Å². The minimum Gasteiger partial charge on any atom is -0.466 e. The number of ether oxygens (including phenoxy) is 1. The van der Waals surface area contributed by atoms with E-state index in [0.29, 0.717) is 18.1 Å². The lowest BCUT2D eigenvalue weighted by molar-refractivity contribution is -0.143. The molecule has 2 rings (SSSR count). The van der Waals surface area contributed by atoms with Gasteiger partial charge >= 0.3 is 5.97 Å². The maximum absolute atomic E-state index is 11.8. The summed E-state index contributed by atoms with van der Waals surface area (Å²) in [6.45, 7) is 2.12. The van der Waals surface area contributed by atoms with Gasteiger partial charge in [0.2, 0.25) is 0 Å². The van der Waals surface area contributed by atoms with Crippen molar-refractivity contribution in [2.24, 2.45) is 0 Å². The third-order valence-corrected chi connectivity index (χ3v) is 3.14. The summed E-state index contributed by atoms with van der Waals surface area (Å²) < 4.78 is 4.80. The number of hydrogen-bond donors (Lipinski definition) is 0. The quantitative estimate of drug-likeness (QED) is 0.572. The van der Waals surface area contributed by atoms with Crippen LogP contribution in [0.15, 0.2) is 24.3 Å². The van der Waals surface area contributed by atoms with Crippen molar-refractivity contribution >= 4 is 11.8 Å². The van der Waals surface area contributed by atoms with Crippen LogP contribution >= 0.6 is 0 Å². The van der Waals surface area contributed by atoms with Gasteiger partial charge in [0.05, 0.1) is 13.0 Å². The van der Waals surface area contributed by atoms with Crippen LogP contribution in [0.1, 0.15) is 54.4 Å². The summed E-state index contributed by atoms with van der Waals surface area (Å²) in [5, 5.41) is 0. The molecule has 0 aromatic heterocycles. The molecule has 0 aliphatic heterocycles. The SMILES string of the molecule is CCOC(=O)CCC(=O)c1ccc(C2CC2)cc1. The minimum absolute atomic E-state index is 0.00500. The molecule has 0 radical (unpaired) electrons. The van der Waals surface area contributed by atoms with Gasteiger partial charge < -0.3 is 4.74 Å². The Balaban J connectivity index is 1.86. The highest BCUT2D eigenvalue weighted by atomic mass is 16.5. The summed E-state index contributed by atoms with van der Waals surface area (Å²) in [6.07, 6.45) is 2.91. The molecule has 0 unspecified atom stereocenters. The van der Waals surface area contributed by atoms with E-state index < -0.39 is 0 Å². The molecule has 1 fully saturated rings. The van der Waals surface area contributed by atoms with Crippen molar-refractivity contribution in [3.8, 4) is 0 Å². The van der Waals surface area contributed by atoms with Crippen LogP contribution in [-0.2, 0) is 9.53 Å². The molecule has 0 bridgehead atoms. The van der Waals surface area contributed by atoms with E-state index in [1.165, 1.54) is 18.4 Å². The molecule has 0 atom stereocenters. The first-order valence-electron chi connectivity index (χ1n) is 6.49. The van der Waals surface area contributed by atoms with Crippen LogP contribution in [0.2, 0.25) is 0 Å². The first-order chi connectivity index (χ1) is 8.70. The Labute approximate surface area is 107 Å². The van der Waals surface area contributed by atoms with Gasteiger partial charge in [-0.1, -0.05) is 24.3 Å². The zero-order valence-electron chi connectivity index (χ0n) is 10.6. The number of carbonyl (C=O) groups excluding carboxylic acids is 2. The summed E-state index contributed by atoms with van der Waals surface area (Å²) in [7, 11) is 0. The number of hydrogen-bond acceptors (Lipinski definition) is 3. The van der Waals surface area contributed by atoms with E-state index in [2.05, 4.69) is 0 Å². The van der Waals surface area contributed by atoms with Crippen LogP contribution in [0.4, 0.5) is 0 Å². The normalized spacial score (nSPS) is 14.3. The largest absolute Gasteiger partial charge is 0.466 e. The maximum atomic E-state index is 11.8. The number of Topliss-reactive ketones (excluding diaryl/α,β-unsaturated/α-hetero) is 1. The molecule has 1 aliphatic carbocycles. The first-order valence-corrected chi connectivity index (χ1v) is 6.49. The highest BCUT2D eigenvalue weighted by Gasteiger charge is 2.23. The van der Waals surface area contributed by atoms with Gasteiger partial charge in [-0.05, 0) is 31.2 Å². The highest BCUT2D eigenvalue weighted by molar-refractivity contribution is 5.97. The average molecular weight is 246 g/mol. The Hall–Kier alpha value is -1.64. The Bertz CT molecular complexity index is 430. The molecule has 18 heavy (non-hydrogen) atoms. The second-order valence-electron chi connectivity index (χ2n) is 4.62. The van der Waals surface area contributed by atoms with Gasteiger partial charge in [-0.25, -0.2) is 0 Å². The van der Waals surface area contributed by atoms with Gasteiger partial charge in [-0.3, -0.25) is 9.59 Å². The molecular formula is C15H18O3. The Morgan fingerprint density at radius 2 is 1.83 bits per heavy atom. The lowest BCUT2D eigenvalue weighted by Gasteiger charge is -2.03. The fourth-order valence-electron chi connectivity index (χ4n) is 1.95. The lowest BCUT2D eigenvalue weighted by atomic mass is 10.0. The maximum Gasteiger partial charge on any atom is 0.306 e. The Morgan fingerprint density at radius 3 is 2.39 bits per heavy atom. The number of esters is 1. The van der Waals surface area contributed by atoms with Gasteiger partial charge in [0.25, 0.3) is 0 Å². The predicted octanol–water partition coefficient (Wildman–Crippen LogP) is 3.09. The van der Waals surface area contributed by atoms with Crippen LogP contribution in [0.5, 0.6) is 0 Å². The monoisotopic (exact) mass is 246 g/mol. The fourth-order valence-corrected chi connectivity index (χ4v) is 1.95. The smallest absolute Gasteiger partial charge is 0.306 e. The van der Waals surface area contributed by atoms with Crippen molar-refractivity contribution in [2.75, 3.05) is 6.61 Å². The molecule has 1 aromatic rings. The van der Waals surface area contributed by atoms with Gasteiger partial charge in [0.1, 0.15) is 0 Å². The Kier molecular flexibility index (Phi) is 4.13. The molecule has 1 aliphatic rings. The standard InChI is InChI=1S/C15H18O3/c1-2-18-15(17)10-9-14(16)13-7-5-12(6-8-13)11-3-4-11/h5-8,11H,2-4,9-10H2,1H3. The van der Waals surface area contributed by atoms with Crippen LogP contribution in [0, 0.1) is 0 Å². The number of ketones is 1. The second-order valence-corrected chi connectivity index (χ2v) is 4.62. The summed E-state index contributed by atoms with van der Waals surface area (Å²) in [5.74, 6) is 0.402. The molecule has 0 amide bonds. The average Bonchev–Trinajstić information content (AvgIpc) is 3.21. The molecular weight excluding hydrogens is 228 g/mol. The number of rotatable bonds is 6. The van der Waals surface area contributed by atoms with Gasteiger partial charge in [0, 0.05) is 12.0 Å². The zero-order valence-corrected chi connectivity index (χ0v) is 10.6. The third-order valence-electron chi connectivity index (χ3n) is 3.14. The van der Waals surface area contributed by atoms with Crippen LogP contribution in [-0.4, -0.2) is 18.4 Å². The third kappa shape index (κ3) is 3.42. The fraction of sp³-hybridized carbons (Fsp3) is 0.467. The topological polar surface area (TPSA) is 43.4 Å². The molecule has 0 spiro atoms. The van der Waals surface area contributed by atoms with Gasteiger partial charge in [-0.2, -0.15) is 0 Å². The van der Waals surface area contributed by atoms with Crippen molar-refractivity contribution in [3.05, 3.63) is 35.4 Å². The lowest BCUT2D eigenvalue weighted by Crippen LogP contribution is -2.07. The molecule has 0 saturated heterocycles. The molecule has 0 heterocycles. The Morgan fingerprint density at radius 1 is 1.17 bits per heavy atom. The molecule has 1 aromatic carbocycles. The summed E-state index contributed by atoms with van der Waals surface area (Å²) in [6, 6.07) is 7.77. The van der Waals surface area contributed by atoms with E-state index in [4.69, 9.17) is 4.74 Å². The van der Waals surface area contributed by atoms with Gasteiger partial charge in [-0.15, -0.1) is 0 Å². The molecule has 3 heteroatoms. The predicted molar refractivity (Wildman–Crippen MR) is 68.6 cm³/mol. The van der Waals surface area contributed by atoms with Crippen molar-refractivity contribution in [1.29, 1.82) is 0 Å². The zero-order chi connectivity index (χ0) is 13.0. The van der Waals surface area contributed by atoms with E-state index in [1.54, 1.807) is 6.92 Å². The van der Waals surface area contributed by atoms with Gasteiger partial charge in [0.15, 0.2) is 5.78 Å². The number of carbonyl (C=O) groups is 2. The van der Waals surface area contributed by atoms with E-state index in [-0.39, 0.29) is 24.6 Å². The molecule has 0 N–H and O–H groups in total. The number of benzene rings is 1. The summed E-state index contributed by atoms with van der Waals surface area (Å²) >= 11 is 0. The van der Waals surface area contributed by atoms with Crippen molar-refractivity contribution in [1.82, 2.24) is 0 Å². The van der Waals surface area contributed by atoms with Crippen LogP contribution in [0.3, 0.4) is 0 Å². The van der Waals surface area contributed by atoms with Crippen molar-refractivity contribution < 1.29 is 14.3 Å². The minimum atomic E-state index is -0.305. The summed E-state index contributed by atoms with van der Waals surface area (Å²) in [5.41, 5.74) is 2.00. The first kappa shape index (κ1) is 12.8. The van der Waals surface area contributed by atoms with Crippen molar-refractivity contribution in [2.45, 2.75) is 38.5 Å². The molecule has 1 saturated carbocycles. The molecule has 3 nitrogen and oxygen atoms in total. The van der Waals surface area contributed by atoms with E-state index in [0.717, 1.165) is 0 Å². The highest BCUT2D eigenvalue weighted by Crippen LogP contribution is 2.39. The van der Waals surface area contributed by atoms with Crippen LogP contribution < -0.4 is 0 Å². The van der Waals surface area contributed by atoms with E-state index in [1.807, 2.05) is 24.3 Å². The van der Waals surface area contributed by atoms with E-state index >= 15 is 0 Å².